The van der Waals surface area contributed by atoms with Crippen LogP contribution in [0.5, 0.6) is 0 Å². The molecule has 1 heterocycles. The Morgan fingerprint density at radius 2 is 1.62 bits per heavy atom. The van der Waals surface area contributed by atoms with Gasteiger partial charge in [0, 0.05) is 11.1 Å². The minimum absolute atomic E-state index is 0.155. The smallest absolute Gasteiger partial charge is 0.244 e. The highest BCUT2D eigenvalue weighted by molar-refractivity contribution is 6.23. The molecular formula is C17H7F3N4. The van der Waals surface area contributed by atoms with E-state index in [-0.39, 0.29) is 5.52 Å². The average Bonchev–Trinajstić information content (AvgIpc) is 2.86. The molecule has 0 radical (unpaired) electrons. The molecule has 3 aromatic rings. The maximum atomic E-state index is 12.9. The van der Waals surface area contributed by atoms with Gasteiger partial charge in [0.05, 0.1) is 27.4 Å². The number of rotatable bonds is 0. The predicted molar refractivity (Wildman–Crippen MR) is 82.2 cm³/mol. The van der Waals surface area contributed by atoms with Crippen molar-refractivity contribution in [2.45, 2.75) is 6.18 Å². The van der Waals surface area contributed by atoms with Crippen LogP contribution in [0.1, 0.15) is 16.8 Å². The van der Waals surface area contributed by atoms with Crippen molar-refractivity contribution in [3.8, 4) is 11.3 Å². The molecule has 0 unspecified atom stereocenters. The van der Waals surface area contributed by atoms with E-state index < -0.39 is 11.7 Å². The predicted octanol–water partition coefficient (Wildman–Crippen LogP) is 4.30. The Hall–Kier alpha value is -3.27. The van der Waals surface area contributed by atoms with Gasteiger partial charge in [-0.15, -0.1) is 4.95 Å². The van der Waals surface area contributed by atoms with Crippen LogP contribution in [0.4, 0.5) is 13.2 Å². The third-order valence-electron chi connectivity index (χ3n) is 3.80. The molecule has 116 valence electrons. The molecule has 1 aliphatic carbocycles. The van der Waals surface area contributed by atoms with Crippen LogP contribution in [-0.2, 0) is 6.18 Å². The molecule has 24 heavy (non-hydrogen) atoms. The lowest BCUT2D eigenvalue weighted by Crippen LogP contribution is -2.06. The van der Waals surface area contributed by atoms with E-state index >= 15 is 0 Å². The van der Waals surface area contributed by atoms with Crippen molar-refractivity contribution in [2.24, 2.45) is 5.10 Å². The number of alkyl halides is 3. The fourth-order valence-electron chi connectivity index (χ4n) is 2.76. The van der Waals surface area contributed by atoms with Gasteiger partial charge in [-0.25, -0.2) is 9.97 Å². The Labute approximate surface area is 134 Å². The molecule has 7 heteroatoms. The molecule has 0 fully saturated rings. The van der Waals surface area contributed by atoms with Crippen LogP contribution in [-0.4, -0.2) is 15.7 Å². The molecule has 0 bridgehead atoms. The molecule has 0 spiro atoms. The molecule has 1 aliphatic rings. The zero-order valence-corrected chi connectivity index (χ0v) is 12.0. The first-order valence-electron chi connectivity index (χ1n) is 6.92. The number of hydrogen-bond donors (Lipinski definition) is 0. The van der Waals surface area contributed by atoms with Crippen LogP contribution in [0.25, 0.3) is 27.2 Å². The summed E-state index contributed by atoms with van der Waals surface area (Å²) in [5.41, 5.74) is 2.38. The van der Waals surface area contributed by atoms with Crippen molar-refractivity contribution in [2.75, 3.05) is 0 Å². The summed E-state index contributed by atoms with van der Waals surface area (Å²) in [5.74, 6) is 0. The maximum absolute atomic E-state index is 12.9. The molecule has 0 atom stereocenters. The van der Waals surface area contributed by atoms with Crippen molar-refractivity contribution < 1.29 is 13.2 Å². The lowest BCUT2D eigenvalue weighted by molar-refractivity contribution is -0.137. The quantitative estimate of drug-likeness (QED) is 0.357. The first-order valence-corrected chi connectivity index (χ1v) is 6.92. The molecule has 0 saturated heterocycles. The summed E-state index contributed by atoms with van der Waals surface area (Å²) in [6.07, 6.45) is -4.44. The molecule has 0 saturated carbocycles. The van der Waals surface area contributed by atoms with Gasteiger partial charge < -0.3 is 0 Å². The minimum Gasteiger partial charge on any atom is -0.244 e. The normalized spacial score (nSPS) is 14.5. The Bertz CT molecular complexity index is 1060. The highest BCUT2D eigenvalue weighted by Gasteiger charge is 2.33. The van der Waals surface area contributed by atoms with Crippen molar-refractivity contribution in [3.63, 3.8) is 0 Å². The zero-order valence-electron chi connectivity index (χ0n) is 12.0. The number of hydrogen-bond acceptors (Lipinski definition) is 3. The highest BCUT2D eigenvalue weighted by atomic mass is 19.4. The van der Waals surface area contributed by atoms with Gasteiger partial charge in [-0.1, -0.05) is 24.3 Å². The molecule has 0 amide bonds. The number of benzene rings is 2. The van der Waals surface area contributed by atoms with E-state index in [4.69, 9.17) is 6.57 Å². The molecule has 1 aromatic heterocycles. The lowest BCUT2D eigenvalue weighted by Gasteiger charge is -2.08. The van der Waals surface area contributed by atoms with E-state index in [1.165, 1.54) is 6.07 Å². The summed E-state index contributed by atoms with van der Waals surface area (Å²) in [5, 5.41) is 3.80. The Kier molecular flexibility index (Phi) is 2.90. The van der Waals surface area contributed by atoms with Gasteiger partial charge in [-0.2, -0.15) is 19.7 Å². The second-order valence-corrected chi connectivity index (χ2v) is 5.22. The highest BCUT2D eigenvalue weighted by Crippen LogP contribution is 2.37. The number of aromatic nitrogens is 2. The zero-order chi connectivity index (χ0) is 16.9. The van der Waals surface area contributed by atoms with Crippen LogP contribution in [0.3, 0.4) is 0 Å². The van der Waals surface area contributed by atoms with Crippen molar-refractivity contribution in [1.82, 2.24) is 9.97 Å². The third-order valence-corrected chi connectivity index (χ3v) is 3.80. The van der Waals surface area contributed by atoms with Crippen LogP contribution in [0.2, 0.25) is 0 Å². The average molecular weight is 324 g/mol. The van der Waals surface area contributed by atoms with Gasteiger partial charge in [0.1, 0.15) is 5.69 Å². The van der Waals surface area contributed by atoms with Gasteiger partial charge >= 0.3 is 6.18 Å². The standard InChI is InChI=1S/C17H7F3N4/c1-21-24-15-11-5-3-2-4-10(11)14-16(15)22-12-7-6-9(17(18,19)20)8-13(12)23-14/h2-8H/b24-15-. The van der Waals surface area contributed by atoms with E-state index in [2.05, 4.69) is 20.0 Å². The monoisotopic (exact) mass is 324 g/mol. The number of nitrogens with zero attached hydrogens (tertiary/aromatic N) is 4. The fraction of sp³-hybridized carbons (Fsp3) is 0.0588. The largest absolute Gasteiger partial charge is 0.416 e. The first kappa shape index (κ1) is 14.3. The second kappa shape index (κ2) is 4.86. The van der Waals surface area contributed by atoms with Crippen LogP contribution >= 0.6 is 0 Å². The summed E-state index contributed by atoms with van der Waals surface area (Å²) < 4.78 is 38.7. The summed E-state index contributed by atoms with van der Waals surface area (Å²) in [6.45, 7) is 6.97. The van der Waals surface area contributed by atoms with Gasteiger partial charge in [0.25, 0.3) is 0 Å². The Balaban J connectivity index is 2.03. The maximum Gasteiger partial charge on any atom is 0.416 e. The van der Waals surface area contributed by atoms with E-state index in [0.717, 1.165) is 12.1 Å². The van der Waals surface area contributed by atoms with Crippen LogP contribution in [0, 0.1) is 6.57 Å². The number of fused-ring (bicyclic) bond motifs is 4. The van der Waals surface area contributed by atoms with Crippen molar-refractivity contribution >= 4 is 16.7 Å². The molecule has 4 rings (SSSR count). The molecule has 0 N–H and O–H groups in total. The van der Waals surface area contributed by atoms with Crippen LogP contribution < -0.4 is 0 Å². The van der Waals surface area contributed by atoms with E-state index in [1.54, 1.807) is 24.3 Å². The fourth-order valence-corrected chi connectivity index (χ4v) is 2.76. The van der Waals surface area contributed by atoms with Gasteiger partial charge in [-0.05, 0) is 18.2 Å². The Morgan fingerprint density at radius 3 is 2.33 bits per heavy atom. The lowest BCUT2D eigenvalue weighted by atomic mass is 10.1. The second-order valence-electron chi connectivity index (χ2n) is 5.22. The van der Waals surface area contributed by atoms with Crippen LogP contribution in [0.15, 0.2) is 47.6 Å². The molecule has 2 aromatic carbocycles. The molecule has 4 nitrogen and oxygen atoms in total. The molecule has 0 aliphatic heterocycles. The minimum atomic E-state index is -4.44. The van der Waals surface area contributed by atoms with Crippen molar-refractivity contribution in [1.29, 1.82) is 0 Å². The Morgan fingerprint density at radius 1 is 0.917 bits per heavy atom. The van der Waals surface area contributed by atoms with E-state index in [9.17, 15) is 13.2 Å². The summed E-state index contributed by atoms with van der Waals surface area (Å²) in [6, 6.07) is 10.4. The van der Waals surface area contributed by atoms with E-state index in [1.807, 2.05) is 0 Å². The summed E-state index contributed by atoms with van der Waals surface area (Å²) >= 11 is 0. The number of halogens is 3. The summed E-state index contributed by atoms with van der Waals surface area (Å²) in [7, 11) is 0. The van der Waals surface area contributed by atoms with Gasteiger partial charge in [0.15, 0.2) is 5.71 Å². The third kappa shape index (κ3) is 2.04. The SMILES string of the molecule is [C-]#[N+]/N=C1/c2ccccc2-c2nc3cc(C(F)(F)F)ccc3nc21. The molecular weight excluding hydrogens is 317 g/mol. The van der Waals surface area contributed by atoms with Gasteiger partial charge in [0.2, 0.25) is 0 Å². The topological polar surface area (TPSA) is 42.5 Å². The van der Waals surface area contributed by atoms with Gasteiger partial charge in [-0.3, -0.25) is 0 Å². The first-order chi connectivity index (χ1) is 11.5. The van der Waals surface area contributed by atoms with E-state index in [0.29, 0.717) is 33.7 Å². The van der Waals surface area contributed by atoms with Crippen molar-refractivity contribution in [3.05, 3.63) is 70.8 Å². The summed E-state index contributed by atoms with van der Waals surface area (Å²) in [4.78, 5) is 11.8.